The molecule has 23 heavy (non-hydrogen) atoms. The first kappa shape index (κ1) is 13.8. The number of furan rings is 2. The normalized spacial score (nSPS) is 12.7. The van der Waals surface area contributed by atoms with Gasteiger partial charge in [-0.1, -0.05) is 12.1 Å². The summed E-state index contributed by atoms with van der Waals surface area (Å²) in [5.41, 5.74) is 2.38. The lowest BCUT2D eigenvalue weighted by Crippen LogP contribution is -2.17. The van der Waals surface area contributed by atoms with Crippen molar-refractivity contribution in [3.05, 3.63) is 54.7 Å². The van der Waals surface area contributed by atoms with Gasteiger partial charge in [0.15, 0.2) is 11.4 Å². The first-order valence-corrected chi connectivity index (χ1v) is 7.72. The van der Waals surface area contributed by atoms with Gasteiger partial charge in [0.05, 0.1) is 6.26 Å². The van der Waals surface area contributed by atoms with Gasteiger partial charge < -0.3 is 14.2 Å². The van der Waals surface area contributed by atoms with E-state index in [2.05, 4.69) is 22.2 Å². The quantitative estimate of drug-likeness (QED) is 0.592. The van der Waals surface area contributed by atoms with E-state index in [1.165, 1.54) is 0 Å². The number of benzene rings is 1. The number of hydrogen-bond donors (Lipinski definition) is 1. The van der Waals surface area contributed by atoms with Crippen molar-refractivity contribution in [1.82, 2.24) is 9.97 Å². The number of nitrogens with one attached hydrogen (secondary N) is 1. The Bertz CT molecular complexity index is 928. The van der Waals surface area contributed by atoms with E-state index >= 15 is 0 Å². The molecule has 116 valence electrons. The van der Waals surface area contributed by atoms with Crippen LogP contribution in [0.2, 0.25) is 0 Å². The van der Waals surface area contributed by atoms with Crippen LogP contribution in [0.25, 0.3) is 22.1 Å². The third-order valence-electron chi connectivity index (χ3n) is 3.94. The van der Waals surface area contributed by atoms with Gasteiger partial charge in [-0.25, -0.2) is 9.97 Å². The Morgan fingerprint density at radius 2 is 2.04 bits per heavy atom. The predicted molar refractivity (Wildman–Crippen MR) is 89.4 cm³/mol. The highest BCUT2D eigenvalue weighted by Crippen LogP contribution is 2.30. The van der Waals surface area contributed by atoms with Gasteiger partial charge in [0, 0.05) is 17.8 Å². The number of anilines is 1. The average Bonchev–Trinajstić information content (AvgIpc) is 3.21. The van der Waals surface area contributed by atoms with Gasteiger partial charge in [-0.2, -0.15) is 0 Å². The van der Waals surface area contributed by atoms with Crippen molar-refractivity contribution in [2.24, 2.45) is 0 Å². The van der Waals surface area contributed by atoms with E-state index < -0.39 is 0 Å². The molecule has 0 fully saturated rings. The highest BCUT2D eigenvalue weighted by molar-refractivity contribution is 6.05. The molecule has 5 nitrogen and oxygen atoms in total. The molecule has 0 aliphatic heterocycles. The molecule has 0 radical (unpaired) electrons. The van der Waals surface area contributed by atoms with Gasteiger partial charge in [-0.05, 0) is 37.6 Å². The Kier molecular flexibility index (Phi) is 3.46. The Balaban J connectivity index is 1.58. The van der Waals surface area contributed by atoms with Crippen LogP contribution < -0.4 is 5.32 Å². The summed E-state index contributed by atoms with van der Waals surface area (Å²) in [5.74, 6) is 1.73. The molecule has 3 aromatic heterocycles. The number of para-hydroxylation sites is 1. The smallest absolute Gasteiger partial charge is 0.196 e. The minimum absolute atomic E-state index is 0.242. The van der Waals surface area contributed by atoms with Gasteiger partial charge in [-0.15, -0.1) is 0 Å². The third-order valence-corrected chi connectivity index (χ3v) is 3.94. The van der Waals surface area contributed by atoms with Crippen LogP contribution >= 0.6 is 0 Å². The van der Waals surface area contributed by atoms with Crippen LogP contribution in [0.4, 0.5) is 5.82 Å². The zero-order valence-corrected chi connectivity index (χ0v) is 12.8. The fourth-order valence-electron chi connectivity index (χ4n) is 2.75. The van der Waals surface area contributed by atoms with Crippen LogP contribution in [0.15, 0.2) is 57.8 Å². The lowest BCUT2D eigenvalue weighted by atomic mass is 10.1. The largest absolute Gasteiger partial charge is 0.469 e. The number of fused-ring (bicyclic) bond motifs is 3. The number of rotatable bonds is 5. The van der Waals surface area contributed by atoms with Gasteiger partial charge in [-0.3, -0.25) is 0 Å². The molecule has 0 bridgehead atoms. The van der Waals surface area contributed by atoms with Crippen LogP contribution in [0, 0.1) is 0 Å². The summed E-state index contributed by atoms with van der Waals surface area (Å²) >= 11 is 0. The Morgan fingerprint density at radius 1 is 1.13 bits per heavy atom. The summed E-state index contributed by atoms with van der Waals surface area (Å²) in [6.07, 6.45) is 5.11. The van der Waals surface area contributed by atoms with Crippen LogP contribution in [-0.4, -0.2) is 16.0 Å². The van der Waals surface area contributed by atoms with Crippen LogP contribution in [-0.2, 0) is 6.42 Å². The second kappa shape index (κ2) is 5.76. The highest BCUT2D eigenvalue weighted by atomic mass is 16.3. The fraction of sp³-hybridized carbons (Fsp3) is 0.222. The number of aromatic nitrogens is 2. The molecule has 1 N–H and O–H groups in total. The molecule has 0 amide bonds. The van der Waals surface area contributed by atoms with Crippen LogP contribution in [0.1, 0.15) is 19.1 Å². The maximum atomic E-state index is 5.93. The number of nitrogens with zero attached hydrogens (tertiary/aromatic N) is 2. The summed E-state index contributed by atoms with van der Waals surface area (Å²) in [5, 5.41) is 4.43. The standard InChI is InChI=1S/C18H17N3O2/c1-12(8-9-13-5-4-10-22-13)21-18-17-16(19-11-20-18)14-6-2-3-7-15(14)23-17/h2-7,10-12H,8-9H2,1H3,(H,19,20,21). The summed E-state index contributed by atoms with van der Waals surface area (Å²) in [6.45, 7) is 2.12. The number of aryl methyl sites for hydroxylation is 1. The first-order chi connectivity index (χ1) is 11.3. The maximum Gasteiger partial charge on any atom is 0.196 e. The van der Waals surface area contributed by atoms with E-state index in [4.69, 9.17) is 8.83 Å². The molecular formula is C18H17N3O2. The monoisotopic (exact) mass is 307 g/mol. The first-order valence-electron chi connectivity index (χ1n) is 7.72. The van der Waals surface area contributed by atoms with E-state index in [0.29, 0.717) is 5.58 Å². The molecule has 0 saturated carbocycles. The molecule has 0 spiro atoms. The summed E-state index contributed by atoms with van der Waals surface area (Å²) in [7, 11) is 0. The molecule has 3 heterocycles. The van der Waals surface area contributed by atoms with Crippen molar-refractivity contribution < 1.29 is 8.83 Å². The Hall–Kier alpha value is -2.82. The van der Waals surface area contributed by atoms with Crippen LogP contribution in [0.3, 0.4) is 0 Å². The van der Waals surface area contributed by atoms with Gasteiger partial charge in [0.2, 0.25) is 0 Å². The maximum absolute atomic E-state index is 5.93. The third kappa shape index (κ3) is 2.65. The molecule has 0 aliphatic rings. The van der Waals surface area contributed by atoms with Crippen molar-refractivity contribution in [3.8, 4) is 0 Å². The highest BCUT2D eigenvalue weighted by Gasteiger charge is 2.14. The zero-order chi connectivity index (χ0) is 15.6. The van der Waals surface area contributed by atoms with E-state index in [1.54, 1.807) is 12.6 Å². The topological polar surface area (TPSA) is 64.1 Å². The van der Waals surface area contributed by atoms with Gasteiger partial charge >= 0.3 is 0 Å². The summed E-state index contributed by atoms with van der Waals surface area (Å²) < 4.78 is 11.3. The average molecular weight is 307 g/mol. The van der Waals surface area contributed by atoms with Crippen LogP contribution in [0.5, 0.6) is 0 Å². The molecule has 1 unspecified atom stereocenters. The minimum atomic E-state index is 0.242. The minimum Gasteiger partial charge on any atom is -0.469 e. The predicted octanol–water partition coefficient (Wildman–Crippen LogP) is 4.40. The Labute approximate surface area is 133 Å². The lowest BCUT2D eigenvalue weighted by Gasteiger charge is -2.13. The van der Waals surface area contributed by atoms with Crippen molar-refractivity contribution in [1.29, 1.82) is 0 Å². The lowest BCUT2D eigenvalue weighted by molar-refractivity contribution is 0.494. The molecule has 4 rings (SSSR count). The molecule has 0 saturated heterocycles. The Morgan fingerprint density at radius 3 is 2.91 bits per heavy atom. The van der Waals surface area contributed by atoms with E-state index in [9.17, 15) is 0 Å². The summed E-state index contributed by atoms with van der Waals surface area (Å²) in [6, 6.07) is 12.0. The zero-order valence-electron chi connectivity index (χ0n) is 12.8. The molecular weight excluding hydrogens is 290 g/mol. The molecule has 5 heteroatoms. The van der Waals surface area contributed by atoms with E-state index in [0.717, 1.165) is 40.9 Å². The van der Waals surface area contributed by atoms with Gasteiger partial charge in [0.25, 0.3) is 0 Å². The second-order valence-electron chi connectivity index (χ2n) is 5.66. The summed E-state index contributed by atoms with van der Waals surface area (Å²) in [4.78, 5) is 8.71. The van der Waals surface area contributed by atoms with Crippen molar-refractivity contribution in [2.45, 2.75) is 25.8 Å². The van der Waals surface area contributed by atoms with Crippen molar-refractivity contribution in [3.63, 3.8) is 0 Å². The fourth-order valence-corrected chi connectivity index (χ4v) is 2.75. The van der Waals surface area contributed by atoms with Crippen molar-refractivity contribution in [2.75, 3.05) is 5.32 Å². The van der Waals surface area contributed by atoms with E-state index in [1.807, 2.05) is 36.4 Å². The van der Waals surface area contributed by atoms with E-state index in [-0.39, 0.29) is 6.04 Å². The number of hydrogen-bond acceptors (Lipinski definition) is 5. The SMILES string of the molecule is CC(CCc1ccco1)Nc1ncnc2c1oc1ccccc12. The molecule has 1 atom stereocenters. The second-order valence-corrected chi connectivity index (χ2v) is 5.66. The molecule has 0 aliphatic carbocycles. The molecule has 1 aromatic carbocycles. The van der Waals surface area contributed by atoms with Crippen molar-refractivity contribution >= 4 is 27.9 Å². The molecule has 4 aromatic rings. The van der Waals surface area contributed by atoms with Gasteiger partial charge in [0.1, 0.15) is 23.2 Å².